The fraction of sp³-hybridized carbons (Fsp3) is 0.286. The molecule has 2 N–H and O–H groups in total. The molecule has 0 saturated heterocycles. The quantitative estimate of drug-likeness (QED) is 0.845. The maximum absolute atomic E-state index is 12.1. The molecule has 0 fully saturated rings. The molecule has 0 bridgehead atoms. The summed E-state index contributed by atoms with van der Waals surface area (Å²) >= 11 is 0. The van der Waals surface area contributed by atoms with Gasteiger partial charge in [0.05, 0.1) is 18.4 Å². The van der Waals surface area contributed by atoms with Crippen molar-refractivity contribution in [3.05, 3.63) is 45.9 Å². The Morgan fingerprint density at radius 1 is 1.32 bits per heavy atom. The summed E-state index contributed by atoms with van der Waals surface area (Å²) in [6.07, 6.45) is 0.726. The van der Waals surface area contributed by atoms with Gasteiger partial charge in [-0.3, -0.25) is 4.79 Å². The van der Waals surface area contributed by atoms with Crippen LogP contribution in [0.4, 0.5) is 0 Å². The van der Waals surface area contributed by atoms with Gasteiger partial charge in [-0.25, -0.2) is 4.98 Å². The third kappa shape index (κ3) is 2.13. The standard InChI is InChI=1S/C14H15N3O2/c1-19-12-5-3-2-4-10(12)13-16-11-8-15-7-6-9(11)14(18)17-13/h2-5,15H,6-8H2,1H3,(H,16,17,18). The highest BCUT2D eigenvalue weighted by atomic mass is 16.5. The van der Waals surface area contributed by atoms with Crippen molar-refractivity contribution in [2.75, 3.05) is 13.7 Å². The normalized spacial score (nSPS) is 13.9. The molecular formula is C14H15N3O2. The number of rotatable bonds is 2. The van der Waals surface area contributed by atoms with E-state index < -0.39 is 0 Å². The van der Waals surface area contributed by atoms with Gasteiger partial charge in [0.25, 0.3) is 5.56 Å². The Kier molecular flexibility index (Phi) is 3.05. The molecule has 5 nitrogen and oxygen atoms in total. The molecule has 1 aromatic heterocycles. The minimum Gasteiger partial charge on any atom is -0.496 e. The summed E-state index contributed by atoms with van der Waals surface area (Å²) in [6, 6.07) is 7.53. The number of fused-ring (bicyclic) bond motifs is 1. The maximum Gasteiger partial charge on any atom is 0.254 e. The van der Waals surface area contributed by atoms with Gasteiger partial charge in [-0.15, -0.1) is 0 Å². The molecule has 0 unspecified atom stereocenters. The Morgan fingerprint density at radius 3 is 3.00 bits per heavy atom. The lowest BCUT2D eigenvalue weighted by molar-refractivity contribution is 0.416. The van der Waals surface area contributed by atoms with Crippen molar-refractivity contribution < 1.29 is 4.74 Å². The number of hydrogen-bond donors (Lipinski definition) is 2. The van der Waals surface area contributed by atoms with Gasteiger partial charge in [0.1, 0.15) is 11.6 Å². The Labute approximate surface area is 110 Å². The Morgan fingerprint density at radius 2 is 2.16 bits per heavy atom. The smallest absolute Gasteiger partial charge is 0.254 e. The minimum absolute atomic E-state index is 0.0487. The van der Waals surface area contributed by atoms with Gasteiger partial charge in [0, 0.05) is 12.1 Å². The van der Waals surface area contributed by atoms with Crippen LogP contribution in [0.5, 0.6) is 5.75 Å². The monoisotopic (exact) mass is 257 g/mol. The van der Waals surface area contributed by atoms with E-state index >= 15 is 0 Å². The largest absolute Gasteiger partial charge is 0.496 e. The highest BCUT2D eigenvalue weighted by Crippen LogP contribution is 2.26. The van der Waals surface area contributed by atoms with Crippen LogP contribution in [-0.2, 0) is 13.0 Å². The predicted molar refractivity (Wildman–Crippen MR) is 72.3 cm³/mol. The first-order valence-electron chi connectivity index (χ1n) is 6.26. The van der Waals surface area contributed by atoms with E-state index in [1.807, 2.05) is 24.3 Å². The third-order valence-electron chi connectivity index (χ3n) is 3.31. The summed E-state index contributed by atoms with van der Waals surface area (Å²) in [5.41, 5.74) is 2.37. The Bertz CT molecular complexity index is 664. The molecule has 0 atom stereocenters. The highest BCUT2D eigenvalue weighted by Gasteiger charge is 2.17. The maximum atomic E-state index is 12.1. The highest BCUT2D eigenvalue weighted by molar-refractivity contribution is 5.64. The number of hydrogen-bond acceptors (Lipinski definition) is 4. The minimum atomic E-state index is -0.0487. The summed E-state index contributed by atoms with van der Waals surface area (Å²) in [6.45, 7) is 1.47. The van der Waals surface area contributed by atoms with Crippen LogP contribution in [0.3, 0.4) is 0 Å². The molecule has 1 aliphatic rings. The number of methoxy groups -OCH3 is 1. The molecule has 0 spiro atoms. The van der Waals surface area contributed by atoms with E-state index in [9.17, 15) is 4.79 Å². The van der Waals surface area contributed by atoms with Crippen molar-refractivity contribution in [1.29, 1.82) is 0 Å². The summed E-state index contributed by atoms with van der Waals surface area (Å²) in [5, 5.41) is 3.23. The molecular weight excluding hydrogens is 242 g/mol. The van der Waals surface area contributed by atoms with Crippen LogP contribution in [0.25, 0.3) is 11.4 Å². The van der Waals surface area contributed by atoms with Gasteiger partial charge < -0.3 is 15.0 Å². The number of para-hydroxylation sites is 1. The Balaban J connectivity index is 2.16. The first kappa shape index (κ1) is 11.9. The SMILES string of the molecule is COc1ccccc1-c1nc2c(c(=O)[nH]1)CCNC2. The second kappa shape index (κ2) is 4.85. The van der Waals surface area contributed by atoms with Gasteiger partial charge in [-0.2, -0.15) is 0 Å². The molecule has 1 aromatic carbocycles. The first-order chi connectivity index (χ1) is 9.29. The number of ether oxygens (including phenoxy) is 1. The second-order valence-corrected chi connectivity index (χ2v) is 4.47. The van der Waals surface area contributed by atoms with Gasteiger partial charge in [0.15, 0.2) is 0 Å². The van der Waals surface area contributed by atoms with Crippen LogP contribution in [0.15, 0.2) is 29.1 Å². The molecule has 2 heterocycles. The van der Waals surface area contributed by atoms with E-state index in [4.69, 9.17) is 4.74 Å². The van der Waals surface area contributed by atoms with Crippen LogP contribution in [0.1, 0.15) is 11.3 Å². The van der Waals surface area contributed by atoms with Crippen molar-refractivity contribution in [3.63, 3.8) is 0 Å². The van der Waals surface area contributed by atoms with E-state index in [2.05, 4.69) is 15.3 Å². The van der Waals surface area contributed by atoms with E-state index in [-0.39, 0.29) is 5.56 Å². The van der Waals surface area contributed by atoms with E-state index in [0.29, 0.717) is 18.1 Å². The van der Waals surface area contributed by atoms with Crippen LogP contribution >= 0.6 is 0 Å². The summed E-state index contributed by atoms with van der Waals surface area (Å²) in [4.78, 5) is 19.5. The van der Waals surface area contributed by atoms with Crippen LogP contribution in [0.2, 0.25) is 0 Å². The molecule has 5 heteroatoms. The molecule has 0 saturated carbocycles. The molecule has 98 valence electrons. The van der Waals surface area contributed by atoms with Crippen LogP contribution in [0, 0.1) is 0 Å². The molecule has 0 aliphatic carbocycles. The molecule has 2 aromatic rings. The number of H-pyrrole nitrogens is 1. The van der Waals surface area contributed by atoms with E-state index in [0.717, 1.165) is 29.8 Å². The number of benzene rings is 1. The zero-order valence-electron chi connectivity index (χ0n) is 10.7. The number of nitrogens with one attached hydrogen (secondary N) is 2. The molecule has 0 radical (unpaired) electrons. The first-order valence-corrected chi connectivity index (χ1v) is 6.26. The lowest BCUT2D eigenvalue weighted by atomic mass is 10.1. The van der Waals surface area contributed by atoms with Gasteiger partial charge in [-0.1, -0.05) is 12.1 Å². The topological polar surface area (TPSA) is 67.0 Å². The van der Waals surface area contributed by atoms with Crippen molar-refractivity contribution >= 4 is 0 Å². The predicted octanol–water partition coefficient (Wildman–Crippen LogP) is 1.09. The zero-order valence-corrected chi connectivity index (χ0v) is 10.7. The number of aromatic nitrogens is 2. The summed E-state index contributed by atoms with van der Waals surface area (Å²) in [7, 11) is 1.61. The van der Waals surface area contributed by atoms with Crippen molar-refractivity contribution in [1.82, 2.24) is 15.3 Å². The van der Waals surface area contributed by atoms with E-state index in [1.165, 1.54) is 0 Å². The summed E-state index contributed by atoms with van der Waals surface area (Å²) in [5.74, 6) is 1.26. The van der Waals surface area contributed by atoms with Crippen molar-refractivity contribution in [2.45, 2.75) is 13.0 Å². The Hall–Kier alpha value is -2.14. The number of aromatic amines is 1. The lowest BCUT2D eigenvalue weighted by Crippen LogP contribution is -2.31. The fourth-order valence-corrected chi connectivity index (χ4v) is 2.34. The van der Waals surface area contributed by atoms with Gasteiger partial charge in [-0.05, 0) is 25.1 Å². The zero-order chi connectivity index (χ0) is 13.2. The summed E-state index contributed by atoms with van der Waals surface area (Å²) < 4.78 is 5.31. The average Bonchev–Trinajstić information content (AvgIpc) is 2.47. The van der Waals surface area contributed by atoms with Crippen molar-refractivity contribution in [2.24, 2.45) is 0 Å². The molecule has 19 heavy (non-hydrogen) atoms. The van der Waals surface area contributed by atoms with Crippen molar-refractivity contribution in [3.8, 4) is 17.1 Å². The fourth-order valence-electron chi connectivity index (χ4n) is 2.34. The van der Waals surface area contributed by atoms with Crippen LogP contribution < -0.4 is 15.6 Å². The molecule has 0 amide bonds. The van der Waals surface area contributed by atoms with Gasteiger partial charge in [0.2, 0.25) is 0 Å². The van der Waals surface area contributed by atoms with Crippen LogP contribution in [-0.4, -0.2) is 23.6 Å². The third-order valence-corrected chi connectivity index (χ3v) is 3.31. The molecule has 1 aliphatic heterocycles. The number of nitrogens with zero attached hydrogens (tertiary/aromatic N) is 1. The van der Waals surface area contributed by atoms with E-state index in [1.54, 1.807) is 7.11 Å². The molecule has 3 rings (SSSR count). The lowest BCUT2D eigenvalue weighted by Gasteiger charge is -2.16. The van der Waals surface area contributed by atoms with Gasteiger partial charge >= 0.3 is 0 Å². The second-order valence-electron chi connectivity index (χ2n) is 4.47. The average molecular weight is 257 g/mol.